The molecular formula is C24H27BN4O2. The fourth-order valence-corrected chi connectivity index (χ4v) is 4.18. The molecule has 0 N–H and O–H groups in total. The third-order valence-corrected chi connectivity index (χ3v) is 6.19. The first kappa shape index (κ1) is 20.0. The molecule has 6 nitrogen and oxygen atoms in total. The zero-order valence-electron chi connectivity index (χ0n) is 18.0. The van der Waals surface area contributed by atoms with E-state index in [2.05, 4.69) is 33.2 Å². The van der Waals surface area contributed by atoms with Crippen molar-refractivity contribution in [2.45, 2.75) is 51.4 Å². The molecule has 158 valence electrons. The summed E-state index contributed by atoms with van der Waals surface area (Å²) in [6, 6.07) is 13.0. The highest BCUT2D eigenvalue weighted by molar-refractivity contribution is 6.32. The van der Waals surface area contributed by atoms with Crippen molar-refractivity contribution in [2.24, 2.45) is 0 Å². The molecule has 31 heavy (non-hydrogen) atoms. The molecule has 0 bridgehead atoms. The van der Waals surface area contributed by atoms with Crippen LogP contribution in [0.3, 0.4) is 0 Å². The Kier molecular flexibility index (Phi) is 5.60. The van der Waals surface area contributed by atoms with E-state index in [9.17, 15) is 4.79 Å². The Bertz CT molecular complexity index is 1130. The van der Waals surface area contributed by atoms with Crippen LogP contribution >= 0.6 is 0 Å². The minimum Gasteiger partial charge on any atom is -0.485 e. The summed E-state index contributed by atoms with van der Waals surface area (Å²) in [5.41, 5.74) is 5.96. The molecule has 0 atom stereocenters. The highest BCUT2D eigenvalue weighted by Crippen LogP contribution is 2.31. The van der Waals surface area contributed by atoms with Crippen LogP contribution in [0.4, 0.5) is 0 Å². The van der Waals surface area contributed by atoms with Crippen LogP contribution in [0.1, 0.15) is 35.2 Å². The fourth-order valence-electron chi connectivity index (χ4n) is 4.18. The van der Waals surface area contributed by atoms with E-state index in [0.717, 1.165) is 36.6 Å². The van der Waals surface area contributed by atoms with Crippen LogP contribution < -0.4 is 15.8 Å². The van der Waals surface area contributed by atoms with Gasteiger partial charge in [-0.1, -0.05) is 29.7 Å². The van der Waals surface area contributed by atoms with Crippen LogP contribution in [-0.4, -0.2) is 40.1 Å². The van der Waals surface area contributed by atoms with E-state index < -0.39 is 0 Å². The molecule has 0 spiro atoms. The van der Waals surface area contributed by atoms with Crippen LogP contribution in [0.15, 0.2) is 53.6 Å². The van der Waals surface area contributed by atoms with Gasteiger partial charge in [0.05, 0.1) is 11.9 Å². The van der Waals surface area contributed by atoms with E-state index in [1.807, 2.05) is 20.0 Å². The predicted octanol–water partition coefficient (Wildman–Crippen LogP) is 1.24. The Labute approximate surface area is 183 Å². The molecule has 0 radical (unpaired) electrons. The zero-order valence-corrected chi connectivity index (χ0v) is 18.0. The van der Waals surface area contributed by atoms with Crippen molar-refractivity contribution in [3.63, 3.8) is 0 Å². The quantitative estimate of drug-likeness (QED) is 0.545. The fraction of sp³-hybridized carbons (Fsp3) is 0.375. The molecule has 1 aliphatic heterocycles. The molecule has 1 saturated carbocycles. The van der Waals surface area contributed by atoms with E-state index in [0.29, 0.717) is 18.9 Å². The molecule has 1 fully saturated rings. The van der Waals surface area contributed by atoms with Gasteiger partial charge in [0.1, 0.15) is 20.2 Å². The van der Waals surface area contributed by atoms with Gasteiger partial charge in [0, 0.05) is 37.9 Å². The summed E-state index contributed by atoms with van der Waals surface area (Å²) in [5.74, 6) is 0.470. The maximum absolute atomic E-state index is 12.5. The molecular weight excluding hydrogens is 387 g/mol. The van der Waals surface area contributed by atoms with Gasteiger partial charge >= 0.3 is 0 Å². The van der Waals surface area contributed by atoms with Gasteiger partial charge < -0.3 is 4.74 Å². The summed E-state index contributed by atoms with van der Waals surface area (Å²) in [6.07, 6.45) is 8.05. The molecule has 2 aromatic heterocycles. The minimum atomic E-state index is -0.146. The van der Waals surface area contributed by atoms with Gasteiger partial charge in [0.25, 0.3) is 5.56 Å². The molecule has 1 aromatic carbocycles. The smallest absolute Gasteiger partial charge is 0.270 e. The van der Waals surface area contributed by atoms with Crippen LogP contribution in [0, 0.1) is 0 Å². The molecule has 3 heterocycles. The third kappa shape index (κ3) is 4.88. The van der Waals surface area contributed by atoms with Crippen molar-refractivity contribution in [2.75, 3.05) is 6.54 Å². The first-order valence-corrected chi connectivity index (χ1v) is 11.1. The second kappa shape index (κ2) is 8.67. The van der Waals surface area contributed by atoms with Gasteiger partial charge in [0.15, 0.2) is 0 Å². The number of aryl methyl sites for hydroxylation is 2. The lowest BCUT2D eigenvalue weighted by Crippen LogP contribution is -2.32. The Balaban J connectivity index is 1.19. The summed E-state index contributed by atoms with van der Waals surface area (Å²) >= 11 is 0. The van der Waals surface area contributed by atoms with Crippen LogP contribution in [-0.2, 0) is 32.5 Å². The molecule has 5 rings (SSSR count). The molecule has 3 aromatic rings. The molecule has 2 aliphatic rings. The minimum absolute atomic E-state index is 0.146. The third-order valence-electron chi connectivity index (χ3n) is 6.19. The summed E-state index contributed by atoms with van der Waals surface area (Å²) in [7, 11) is 1.99. The van der Waals surface area contributed by atoms with Gasteiger partial charge in [-0.25, -0.2) is 4.68 Å². The van der Waals surface area contributed by atoms with Gasteiger partial charge in [-0.2, -0.15) is 5.10 Å². The number of pyridine rings is 1. The number of fused-ring (bicyclic) bond motifs is 1. The maximum Gasteiger partial charge on any atom is 0.270 e. The van der Waals surface area contributed by atoms with Crippen molar-refractivity contribution in [3.8, 4) is 5.75 Å². The van der Waals surface area contributed by atoms with Crippen molar-refractivity contribution in [1.82, 2.24) is 19.7 Å². The summed E-state index contributed by atoms with van der Waals surface area (Å²) in [4.78, 5) is 19.4. The molecule has 1 aliphatic carbocycles. The van der Waals surface area contributed by atoms with E-state index in [1.54, 1.807) is 12.4 Å². The highest BCUT2D eigenvalue weighted by Gasteiger charge is 2.31. The van der Waals surface area contributed by atoms with Gasteiger partial charge in [-0.3, -0.25) is 14.7 Å². The first-order chi connectivity index (χ1) is 15.1. The number of ether oxygens (including phenoxy) is 1. The number of aromatic nitrogens is 3. The number of rotatable bonds is 7. The number of hydrogen-bond donors (Lipinski definition) is 0. The number of hydrogen-bond acceptors (Lipinski definition) is 5. The normalized spacial score (nSPS) is 16.1. The molecule has 7 heteroatoms. The number of nitrogens with zero attached hydrogens (tertiary/aromatic N) is 4. The van der Waals surface area contributed by atoms with E-state index in [1.165, 1.54) is 46.8 Å². The van der Waals surface area contributed by atoms with E-state index in [-0.39, 0.29) is 5.56 Å². The SMILES string of the molecule is Bc1ccc(COc2cnn(CCc3ccc4c(c3)CN(C3CC3)CC4)c(=O)c2)nc1. The summed E-state index contributed by atoms with van der Waals surface area (Å²) in [5, 5.41) is 4.30. The summed E-state index contributed by atoms with van der Waals surface area (Å²) < 4.78 is 7.19. The van der Waals surface area contributed by atoms with Crippen LogP contribution in [0.2, 0.25) is 0 Å². The standard InChI is InChI=1S/C24H27BN4O2/c25-20-3-4-21(26-13-20)16-31-23-12-24(30)29(27-14-23)10-7-17-1-2-18-8-9-28(22-5-6-22)15-19(18)11-17/h1-4,11-14,22H,5-10,15-16,25H2. The van der Waals surface area contributed by atoms with E-state index >= 15 is 0 Å². The van der Waals surface area contributed by atoms with Crippen molar-refractivity contribution >= 4 is 13.3 Å². The predicted molar refractivity (Wildman–Crippen MR) is 123 cm³/mol. The Morgan fingerprint density at radius 3 is 2.77 bits per heavy atom. The van der Waals surface area contributed by atoms with Crippen LogP contribution in [0.25, 0.3) is 0 Å². The van der Waals surface area contributed by atoms with Crippen molar-refractivity contribution in [3.05, 3.63) is 81.5 Å². The lowest BCUT2D eigenvalue weighted by molar-refractivity contribution is 0.243. The van der Waals surface area contributed by atoms with Crippen molar-refractivity contribution < 1.29 is 4.74 Å². The van der Waals surface area contributed by atoms with Crippen molar-refractivity contribution in [1.29, 1.82) is 0 Å². The molecule has 0 unspecified atom stereocenters. The van der Waals surface area contributed by atoms with Gasteiger partial charge in [0.2, 0.25) is 0 Å². The maximum atomic E-state index is 12.5. The topological polar surface area (TPSA) is 60.2 Å². The average molecular weight is 414 g/mol. The largest absolute Gasteiger partial charge is 0.485 e. The van der Waals surface area contributed by atoms with Gasteiger partial charge in [-0.15, -0.1) is 0 Å². The number of benzene rings is 1. The second-order valence-corrected chi connectivity index (χ2v) is 8.67. The Hall–Kier alpha value is -2.93. The summed E-state index contributed by atoms with van der Waals surface area (Å²) in [6.45, 7) is 3.13. The highest BCUT2D eigenvalue weighted by atomic mass is 16.5. The van der Waals surface area contributed by atoms with Gasteiger partial charge in [-0.05, 0) is 48.4 Å². The van der Waals surface area contributed by atoms with Crippen LogP contribution in [0.5, 0.6) is 5.75 Å². The Morgan fingerprint density at radius 1 is 1.10 bits per heavy atom. The molecule has 0 saturated heterocycles. The molecule has 0 amide bonds. The first-order valence-electron chi connectivity index (χ1n) is 11.1. The lowest BCUT2D eigenvalue weighted by atomic mass is 9.96. The average Bonchev–Trinajstić information content (AvgIpc) is 3.63. The zero-order chi connectivity index (χ0) is 21.2. The lowest BCUT2D eigenvalue weighted by Gasteiger charge is -2.29. The second-order valence-electron chi connectivity index (χ2n) is 8.67. The van der Waals surface area contributed by atoms with E-state index in [4.69, 9.17) is 4.74 Å². The Morgan fingerprint density at radius 2 is 2.00 bits per heavy atom. The monoisotopic (exact) mass is 414 g/mol.